The minimum atomic E-state index is -0.313. The normalized spacial score (nSPS) is 14.5. The highest BCUT2D eigenvalue weighted by Gasteiger charge is 2.22. The van der Waals surface area contributed by atoms with Gasteiger partial charge in [0.25, 0.3) is 11.8 Å². The third-order valence-corrected chi connectivity index (χ3v) is 3.01. The number of imide groups is 1. The van der Waals surface area contributed by atoms with Crippen LogP contribution < -0.4 is 5.32 Å². The lowest BCUT2D eigenvalue weighted by Crippen LogP contribution is -2.38. The molecular formula is C11H16N2O3S. The molecule has 1 heterocycles. The van der Waals surface area contributed by atoms with Crippen LogP contribution in [0.15, 0.2) is 12.2 Å². The summed E-state index contributed by atoms with van der Waals surface area (Å²) in [6.07, 6.45) is 5.80. The van der Waals surface area contributed by atoms with Crippen molar-refractivity contribution in [1.82, 2.24) is 10.2 Å². The Bertz CT molecular complexity index is 324. The number of hydrogen-bond donors (Lipinski definition) is 1. The van der Waals surface area contributed by atoms with Crippen molar-refractivity contribution in [2.24, 2.45) is 0 Å². The zero-order chi connectivity index (χ0) is 12.7. The Hall–Kier alpha value is -1.30. The molecule has 94 valence electrons. The molecule has 0 aliphatic carbocycles. The van der Waals surface area contributed by atoms with Crippen molar-refractivity contribution in [3.8, 4) is 0 Å². The van der Waals surface area contributed by atoms with Gasteiger partial charge in [-0.3, -0.25) is 19.3 Å². The first-order valence-corrected chi connectivity index (χ1v) is 6.83. The molecule has 5 nitrogen and oxygen atoms in total. The Morgan fingerprint density at radius 3 is 2.59 bits per heavy atom. The number of hydrogen-bond acceptors (Lipinski definition) is 4. The minimum Gasteiger partial charge on any atom is -0.354 e. The smallest absolute Gasteiger partial charge is 0.253 e. The average molecular weight is 256 g/mol. The number of carbonyl (C=O) groups is 3. The van der Waals surface area contributed by atoms with Crippen LogP contribution in [0.1, 0.15) is 12.8 Å². The SMILES string of the molecule is CSCCCC(=O)NCCN1C(=O)C=CC1=O. The summed E-state index contributed by atoms with van der Waals surface area (Å²) in [5, 5.41) is 2.69. The predicted molar refractivity (Wildman–Crippen MR) is 66.5 cm³/mol. The maximum absolute atomic E-state index is 11.3. The summed E-state index contributed by atoms with van der Waals surface area (Å²) in [5.41, 5.74) is 0. The summed E-state index contributed by atoms with van der Waals surface area (Å²) in [7, 11) is 0. The van der Waals surface area contributed by atoms with Crippen LogP contribution >= 0.6 is 11.8 Å². The monoisotopic (exact) mass is 256 g/mol. The predicted octanol–water partition coefficient (Wildman–Crippen LogP) is 0.171. The number of thioether (sulfide) groups is 1. The quantitative estimate of drug-likeness (QED) is 0.521. The van der Waals surface area contributed by atoms with Crippen LogP contribution in [0, 0.1) is 0 Å². The average Bonchev–Trinajstić information content (AvgIpc) is 2.61. The highest BCUT2D eigenvalue weighted by atomic mass is 32.2. The second kappa shape index (κ2) is 7.11. The lowest BCUT2D eigenvalue weighted by molar-refractivity contribution is -0.137. The van der Waals surface area contributed by atoms with Crippen LogP contribution in [0.5, 0.6) is 0 Å². The number of rotatable bonds is 7. The summed E-state index contributed by atoms with van der Waals surface area (Å²) in [5.74, 6) is 0.296. The summed E-state index contributed by atoms with van der Waals surface area (Å²) in [4.78, 5) is 34.8. The zero-order valence-electron chi connectivity index (χ0n) is 9.77. The van der Waals surface area contributed by atoms with E-state index in [1.165, 1.54) is 12.2 Å². The lowest BCUT2D eigenvalue weighted by Gasteiger charge is -2.13. The van der Waals surface area contributed by atoms with Crippen molar-refractivity contribution in [2.75, 3.05) is 25.1 Å². The topological polar surface area (TPSA) is 66.5 Å². The second-order valence-corrected chi connectivity index (χ2v) is 4.59. The van der Waals surface area contributed by atoms with Gasteiger partial charge in [-0.25, -0.2) is 0 Å². The molecule has 1 aliphatic heterocycles. The molecule has 0 spiro atoms. The molecule has 17 heavy (non-hydrogen) atoms. The number of nitrogens with one attached hydrogen (secondary N) is 1. The van der Waals surface area contributed by atoms with E-state index in [0.29, 0.717) is 13.0 Å². The van der Waals surface area contributed by atoms with Crippen LogP contribution in [-0.2, 0) is 14.4 Å². The van der Waals surface area contributed by atoms with Crippen molar-refractivity contribution in [3.63, 3.8) is 0 Å². The standard InChI is InChI=1S/C11H16N2O3S/c1-17-8-2-3-9(14)12-6-7-13-10(15)4-5-11(13)16/h4-5H,2-3,6-8H2,1H3,(H,12,14). The Morgan fingerprint density at radius 1 is 1.35 bits per heavy atom. The van der Waals surface area contributed by atoms with Gasteiger partial charge in [0.15, 0.2) is 0 Å². The molecule has 3 amide bonds. The molecule has 0 bridgehead atoms. The maximum Gasteiger partial charge on any atom is 0.253 e. The Kier molecular flexibility index (Phi) is 5.76. The van der Waals surface area contributed by atoms with Gasteiger partial charge in [0.05, 0.1) is 0 Å². The molecule has 1 N–H and O–H groups in total. The van der Waals surface area contributed by atoms with Crippen molar-refractivity contribution < 1.29 is 14.4 Å². The van der Waals surface area contributed by atoms with E-state index in [-0.39, 0.29) is 24.3 Å². The molecule has 6 heteroatoms. The summed E-state index contributed by atoms with van der Waals surface area (Å²) in [6, 6.07) is 0. The van der Waals surface area contributed by atoms with E-state index in [9.17, 15) is 14.4 Å². The van der Waals surface area contributed by atoms with Crippen molar-refractivity contribution in [2.45, 2.75) is 12.8 Å². The fourth-order valence-electron chi connectivity index (χ4n) is 1.42. The van der Waals surface area contributed by atoms with Crippen LogP contribution in [-0.4, -0.2) is 47.7 Å². The van der Waals surface area contributed by atoms with Gasteiger partial charge in [-0.2, -0.15) is 11.8 Å². The van der Waals surface area contributed by atoms with Gasteiger partial charge in [-0.1, -0.05) is 0 Å². The highest BCUT2D eigenvalue weighted by Crippen LogP contribution is 2.02. The Balaban J connectivity index is 2.13. The van der Waals surface area contributed by atoms with Crippen LogP contribution in [0.25, 0.3) is 0 Å². The van der Waals surface area contributed by atoms with E-state index in [1.54, 1.807) is 11.8 Å². The van der Waals surface area contributed by atoms with Crippen molar-refractivity contribution >= 4 is 29.5 Å². The van der Waals surface area contributed by atoms with E-state index < -0.39 is 0 Å². The Labute approximate surface area is 105 Å². The third kappa shape index (κ3) is 4.60. The summed E-state index contributed by atoms with van der Waals surface area (Å²) < 4.78 is 0. The van der Waals surface area contributed by atoms with E-state index in [0.717, 1.165) is 17.1 Å². The van der Waals surface area contributed by atoms with Crippen molar-refractivity contribution in [1.29, 1.82) is 0 Å². The summed E-state index contributed by atoms with van der Waals surface area (Å²) >= 11 is 1.70. The van der Waals surface area contributed by atoms with Gasteiger partial charge >= 0.3 is 0 Å². The van der Waals surface area contributed by atoms with Gasteiger partial charge in [0, 0.05) is 31.7 Å². The van der Waals surface area contributed by atoms with Gasteiger partial charge < -0.3 is 5.32 Å². The number of nitrogens with zero attached hydrogens (tertiary/aromatic N) is 1. The molecule has 0 atom stereocenters. The van der Waals surface area contributed by atoms with Gasteiger partial charge in [-0.05, 0) is 18.4 Å². The molecule has 0 saturated carbocycles. The molecule has 0 aromatic heterocycles. The van der Waals surface area contributed by atoms with E-state index >= 15 is 0 Å². The first kappa shape index (κ1) is 13.8. The van der Waals surface area contributed by atoms with Crippen LogP contribution in [0.2, 0.25) is 0 Å². The molecule has 0 unspecified atom stereocenters. The van der Waals surface area contributed by atoms with Gasteiger partial charge in [0.1, 0.15) is 0 Å². The molecule has 0 radical (unpaired) electrons. The number of amides is 3. The molecule has 0 aromatic carbocycles. The number of carbonyl (C=O) groups excluding carboxylic acids is 3. The van der Waals surface area contributed by atoms with Gasteiger partial charge in [-0.15, -0.1) is 0 Å². The molecule has 0 fully saturated rings. The van der Waals surface area contributed by atoms with E-state index in [1.807, 2.05) is 6.26 Å². The molecule has 0 aromatic rings. The third-order valence-electron chi connectivity index (χ3n) is 2.31. The largest absolute Gasteiger partial charge is 0.354 e. The summed E-state index contributed by atoms with van der Waals surface area (Å²) in [6.45, 7) is 0.552. The molecule has 1 aliphatic rings. The molecule has 0 saturated heterocycles. The second-order valence-electron chi connectivity index (χ2n) is 3.61. The fraction of sp³-hybridized carbons (Fsp3) is 0.545. The molecular weight excluding hydrogens is 240 g/mol. The lowest BCUT2D eigenvalue weighted by atomic mass is 10.3. The highest BCUT2D eigenvalue weighted by molar-refractivity contribution is 7.98. The van der Waals surface area contributed by atoms with Crippen LogP contribution in [0.3, 0.4) is 0 Å². The maximum atomic E-state index is 11.3. The first-order valence-electron chi connectivity index (χ1n) is 5.44. The molecule has 1 rings (SSSR count). The zero-order valence-corrected chi connectivity index (χ0v) is 10.6. The fourth-order valence-corrected chi connectivity index (χ4v) is 1.86. The van der Waals surface area contributed by atoms with E-state index in [4.69, 9.17) is 0 Å². The van der Waals surface area contributed by atoms with E-state index in [2.05, 4.69) is 5.32 Å². The van der Waals surface area contributed by atoms with Gasteiger partial charge in [0.2, 0.25) is 5.91 Å². The van der Waals surface area contributed by atoms with Crippen LogP contribution in [0.4, 0.5) is 0 Å². The minimum absolute atomic E-state index is 0.0360. The van der Waals surface area contributed by atoms with Crippen molar-refractivity contribution in [3.05, 3.63) is 12.2 Å². The Morgan fingerprint density at radius 2 is 2.00 bits per heavy atom. The first-order chi connectivity index (χ1) is 8.15.